The van der Waals surface area contributed by atoms with E-state index in [0.717, 1.165) is 5.69 Å². The summed E-state index contributed by atoms with van der Waals surface area (Å²) in [4.78, 5) is 10.6. The topological polar surface area (TPSA) is 94.3 Å². The van der Waals surface area contributed by atoms with E-state index in [1.807, 2.05) is 12.1 Å². The number of ether oxygens (including phenoxy) is 1. The van der Waals surface area contributed by atoms with Crippen molar-refractivity contribution in [3.8, 4) is 17.7 Å². The number of hydrogen-bond acceptors (Lipinski definition) is 7. The first kappa shape index (κ1) is 19.6. The van der Waals surface area contributed by atoms with Crippen molar-refractivity contribution in [1.82, 2.24) is 9.97 Å². The summed E-state index contributed by atoms with van der Waals surface area (Å²) in [5.41, 5.74) is 2.06. The Morgan fingerprint density at radius 3 is 2.63 bits per heavy atom. The molecule has 1 fully saturated rings. The molecule has 1 aliphatic rings. The van der Waals surface area contributed by atoms with Gasteiger partial charge in [-0.3, -0.25) is 0 Å². The van der Waals surface area contributed by atoms with Crippen molar-refractivity contribution >= 4 is 17.3 Å². The quantitative estimate of drug-likeness (QED) is 0.663. The number of benzene rings is 2. The molecule has 3 aromatic rings. The average molecular weight is 405 g/mol. The molecule has 2 N–H and O–H groups in total. The lowest BCUT2D eigenvalue weighted by molar-refractivity contribution is 0.145. The van der Waals surface area contributed by atoms with Gasteiger partial charge in [-0.25, -0.2) is 9.37 Å². The minimum absolute atomic E-state index is 0.269. The maximum atomic E-state index is 13.0. The number of halogens is 1. The molecule has 4 rings (SSSR count). The first-order valence-electron chi connectivity index (χ1n) is 9.61. The zero-order valence-electron chi connectivity index (χ0n) is 16.1. The van der Waals surface area contributed by atoms with Gasteiger partial charge in [0.1, 0.15) is 17.6 Å². The minimum Gasteiger partial charge on any atom is -0.439 e. The maximum absolute atomic E-state index is 13.0. The Labute approximate surface area is 173 Å². The average Bonchev–Trinajstić information content (AvgIpc) is 2.76. The van der Waals surface area contributed by atoms with Crippen LogP contribution >= 0.6 is 0 Å². The molecule has 2 heterocycles. The lowest BCUT2D eigenvalue weighted by Crippen LogP contribution is -2.36. The van der Waals surface area contributed by atoms with Crippen LogP contribution in [-0.4, -0.2) is 34.3 Å². The summed E-state index contributed by atoms with van der Waals surface area (Å²) >= 11 is 0. The number of anilines is 3. The fourth-order valence-electron chi connectivity index (χ4n) is 3.30. The SMILES string of the molecule is N#Cc1cc(Nc2nccc(Oc3ccc(F)cc3)n2)ccc1N1CCC(O)CC1. The first-order chi connectivity index (χ1) is 14.6. The molecule has 0 bridgehead atoms. The second-order valence-corrected chi connectivity index (χ2v) is 6.96. The van der Waals surface area contributed by atoms with Crippen LogP contribution in [0.2, 0.25) is 0 Å². The molecule has 0 radical (unpaired) electrons. The number of aliphatic hydroxyl groups is 1. The van der Waals surface area contributed by atoms with Gasteiger partial charge in [0, 0.05) is 31.0 Å². The van der Waals surface area contributed by atoms with Crippen molar-refractivity contribution in [1.29, 1.82) is 5.26 Å². The predicted molar refractivity (Wildman–Crippen MR) is 110 cm³/mol. The molecule has 7 nitrogen and oxygen atoms in total. The van der Waals surface area contributed by atoms with Crippen LogP contribution in [0.4, 0.5) is 21.7 Å². The lowest BCUT2D eigenvalue weighted by Gasteiger charge is -2.32. The van der Waals surface area contributed by atoms with Crippen LogP contribution in [0.5, 0.6) is 11.6 Å². The Morgan fingerprint density at radius 1 is 1.13 bits per heavy atom. The highest BCUT2D eigenvalue weighted by molar-refractivity contribution is 5.67. The molecule has 152 valence electrons. The molecule has 1 aromatic heterocycles. The van der Waals surface area contributed by atoms with Gasteiger partial charge in [0.05, 0.1) is 17.4 Å². The fraction of sp³-hybridized carbons (Fsp3) is 0.227. The Balaban J connectivity index is 1.49. The fourth-order valence-corrected chi connectivity index (χ4v) is 3.30. The number of nitriles is 1. The van der Waals surface area contributed by atoms with E-state index in [1.165, 1.54) is 24.3 Å². The number of aromatic nitrogens is 2. The molecule has 0 spiro atoms. The van der Waals surface area contributed by atoms with E-state index >= 15 is 0 Å². The van der Waals surface area contributed by atoms with Crippen LogP contribution in [0, 0.1) is 17.1 Å². The van der Waals surface area contributed by atoms with Crippen molar-refractivity contribution in [3.63, 3.8) is 0 Å². The molecule has 30 heavy (non-hydrogen) atoms. The van der Waals surface area contributed by atoms with Crippen LogP contribution in [0.1, 0.15) is 18.4 Å². The third-order valence-corrected chi connectivity index (χ3v) is 4.84. The maximum Gasteiger partial charge on any atom is 0.230 e. The molecule has 1 saturated heterocycles. The number of nitrogens with one attached hydrogen (secondary N) is 1. The van der Waals surface area contributed by atoms with E-state index in [2.05, 4.69) is 26.3 Å². The van der Waals surface area contributed by atoms with Gasteiger partial charge in [-0.2, -0.15) is 10.2 Å². The van der Waals surface area contributed by atoms with Crippen LogP contribution in [0.3, 0.4) is 0 Å². The van der Waals surface area contributed by atoms with Gasteiger partial charge in [-0.1, -0.05) is 0 Å². The molecule has 0 aliphatic carbocycles. The van der Waals surface area contributed by atoms with Gasteiger partial charge in [0.15, 0.2) is 0 Å². The standard InChI is InChI=1S/C22H20FN5O2/c23-16-1-4-19(5-2-16)30-21-7-10-25-22(27-21)26-17-3-6-20(15(13-17)14-24)28-11-8-18(29)9-12-28/h1-7,10,13,18,29H,8-9,11-12H2,(H,25,26,27). The molecular formula is C22H20FN5O2. The van der Waals surface area contributed by atoms with E-state index in [9.17, 15) is 14.8 Å². The Kier molecular flexibility index (Phi) is 5.72. The zero-order chi connectivity index (χ0) is 20.9. The highest BCUT2D eigenvalue weighted by Crippen LogP contribution is 2.28. The number of rotatable bonds is 5. The largest absolute Gasteiger partial charge is 0.439 e. The Morgan fingerprint density at radius 2 is 1.90 bits per heavy atom. The Bertz CT molecular complexity index is 1060. The molecule has 0 unspecified atom stereocenters. The van der Waals surface area contributed by atoms with E-state index in [0.29, 0.717) is 54.8 Å². The van der Waals surface area contributed by atoms with E-state index in [4.69, 9.17) is 4.74 Å². The van der Waals surface area contributed by atoms with Gasteiger partial charge in [-0.05, 0) is 55.3 Å². The second kappa shape index (κ2) is 8.76. The van der Waals surface area contributed by atoms with Crippen LogP contribution < -0.4 is 15.0 Å². The van der Waals surface area contributed by atoms with Crippen molar-refractivity contribution in [2.75, 3.05) is 23.3 Å². The lowest BCUT2D eigenvalue weighted by atomic mass is 10.1. The van der Waals surface area contributed by atoms with Gasteiger partial charge < -0.3 is 20.1 Å². The minimum atomic E-state index is -0.343. The molecule has 0 amide bonds. The predicted octanol–water partition coefficient (Wildman–Crippen LogP) is 3.98. The molecule has 1 aliphatic heterocycles. The number of hydrogen-bond donors (Lipinski definition) is 2. The number of piperidine rings is 1. The molecular weight excluding hydrogens is 385 g/mol. The molecule has 8 heteroatoms. The monoisotopic (exact) mass is 405 g/mol. The Hall–Kier alpha value is -3.70. The number of nitrogens with zero attached hydrogens (tertiary/aromatic N) is 4. The summed E-state index contributed by atoms with van der Waals surface area (Å²) in [6, 6.07) is 15.0. The smallest absolute Gasteiger partial charge is 0.230 e. The van der Waals surface area contributed by atoms with E-state index < -0.39 is 0 Å². The van der Waals surface area contributed by atoms with Gasteiger partial charge in [0.25, 0.3) is 0 Å². The van der Waals surface area contributed by atoms with Crippen molar-refractivity contribution in [2.45, 2.75) is 18.9 Å². The zero-order valence-corrected chi connectivity index (χ0v) is 16.1. The summed E-state index contributed by atoms with van der Waals surface area (Å²) in [7, 11) is 0. The van der Waals surface area contributed by atoms with Crippen molar-refractivity contribution < 1.29 is 14.2 Å². The molecule has 0 atom stereocenters. The summed E-state index contributed by atoms with van der Waals surface area (Å²) in [6.45, 7) is 1.43. The van der Waals surface area contributed by atoms with Gasteiger partial charge in [0.2, 0.25) is 11.8 Å². The van der Waals surface area contributed by atoms with Gasteiger partial charge >= 0.3 is 0 Å². The van der Waals surface area contributed by atoms with Crippen LogP contribution in [0.15, 0.2) is 54.7 Å². The highest BCUT2D eigenvalue weighted by Gasteiger charge is 2.19. The summed E-state index contributed by atoms with van der Waals surface area (Å²) in [5, 5.41) is 22.4. The normalized spacial score (nSPS) is 14.2. The highest BCUT2D eigenvalue weighted by atomic mass is 19.1. The summed E-state index contributed by atoms with van der Waals surface area (Å²) < 4.78 is 18.7. The third kappa shape index (κ3) is 4.64. The summed E-state index contributed by atoms with van der Waals surface area (Å²) in [6.07, 6.45) is 2.67. The van der Waals surface area contributed by atoms with Crippen LogP contribution in [-0.2, 0) is 0 Å². The van der Waals surface area contributed by atoms with E-state index in [-0.39, 0.29) is 11.9 Å². The van der Waals surface area contributed by atoms with E-state index in [1.54, 1.807) is 18.3 Å². The summed E-state index contributed by atoms with van der Waals surface area (Å²) in [5.74, 6) is 0.740. The second-order valence-electron chi connectivity index (χ2n) is 6.96. The first-order valence-corrected chi connectivity index (χ1v) is 9.61. The third-order valence-electron chi connectivity index (χ3n) is 4.84. The van der Waals surface area contributed by atoms with Crippen molar-refractivity contribution in [2.24, 2.45) is 0 Å². The number of aliphatic hydroxyl groups excluding tert-OH is 1. The van der Waals surface area contributed by atoms with Gasteiger partial charge in [-0.15, -0.1) is 0 Å². The van der Waals surface area contributed by atoms with Crippen molar-refractivity contribution in [3.05, 3.63) is 66.1 Å². The molecule has 2 aromatic carbocycles. The molecule has 0 saturated carbocycles. The van der Waals surface area contributed by atoms with Crippen LogP contribution in [0.25, 0.3) is 0 Å².